The highest BCUT2D eigenvalue weighted by Gasteiger charge is 2.58. The van der Waals surface area contributed by atoms with Crippen LogP contribution in [0.4, 0.5) is 10.3 Å². The monoisotopic (exact) mass is 612 g/mol. The Morgan fingerprint density at radius 2 is 2.02 bits per heavy atom. The number of halogens is 2. The maximum atomic E-state index is 15.7. The van der Waals surface area contributed by atoms with Crippen LogP contribution in [-0.2, 0) is 29.8 Å². The van der Waals surface area contributed by atoms with Crippen molar-refractivity contribution in [1.29, 1.82) is 0 Å². The van der Waals surface area contributed by atoms with Gasteiger partial charge in [0.1, 0.15) is 35.0 Å². The molecule has 0 radical (unpaired) electrons. The number of benzene rings is 1. The van der Waals surface area contributed by atoms with E-state index < -0.39 is 49.1 Å². The van der Waals surface area contributed by atoms with Gasteiger partial charge in [0, 0.05) is 12.3 Å². The number of ether oxygens (including phenoxy) is 1. The van der Waals surface area contributed by atoms with Crippen molar-refractivity contribution >= 4 is 42.2 Å². The zero-order valence-corrected chi connectivity index (χ0v) is 24.2. The molecule has 222 valence electrons. The number of aromatic amines is 1. The highest BCUT2D eigenvalue weighted by molar-refractivity contribution is 7.54. The maximum absolute atomic E-state index is 15.7. The normalized spacial score (nSPS) is 24.7. The number of alkyl halides is 2. The standard InChI is InChI=1S/C26H31ClFN4O8P/c1-14(16(3)34)13-41(37,40-20-7-5-4-6-17(20)9-8-15(2)33)38-12-21-22(35)26(27,28)23(39-21)18-10-11-19-24(36)30-25(29)31-32(18)19/h4-7,10-11,14,21-23,35H,8-9,12-13H2,1-3H3,(H3,29,30,31,36)/t14-,21-,22?,23+,26-,41?/m1/s1. The summed E-state index contributed by atoms with van der Waals surface area (Å²) in [6, 6.07) is 9.38. The van der Waals surface area contributed by atoms with Crippen molar-refractivity contribution in [2.24, 2.45) is 5.92 Å². The number of hydrogen-bond acceptors (Lipinski definition) is 10. The second-order valence-electron chi connectivity index (χ2n) is 10.1. The molecule has 2 aromatic heterocycles. The lowest BCUT2D eigenvalue weighted by Crippen LogP contribution is -2.38. The molecule has 1 aliphatic heterocycles. The van der Waals surface area contributed by atoms with E-state index in [1.807, 2.05) is 0 Å². The lowest BCUT2D eigenvalue weighted by molar-refractivity contribution is -0.120. The highest BCUT2D eigenvalue weighted by atomic mass is 35.5. The summed E-state index contributed by atoms with van der Waals surface area (Å²) in [6.45, 7) is 3.73. The molecule has 1 saturated heterocycles. The lowest BCUT2D eigenvalue weighted by Gasteiger charge is -2.25. The van der Waals surface area contributed by atoms with Gasteiger partial charge in [-0.1, -0.05) is 36.7 Å². The summed E-state index contributed by atoms with van der Waals surface area (Å²) in [4.78, 5) is 38.0. The van der Waals surface area contributed by atoms with Gasteiger partial charge in [-0.05, 0) is 44.0 Å². The first-order chi connectivity index (χ1) is 19.2. The number of anilines is 1. The van der Waals surface area contributed by atoms with Gasteiger partial charge >= 0.3 is 7.60 Å². The Balaban J connectivity index is 1.58. The third-order valence-corrected chi connectivity index (χ3v) is 9.26. The number of carbonyl (C=O) groups excluding carboxylic acids is 2. The Labute approximate surface area is 239 Å². The number of nitrogen functional groups attached to an aromatic ring is 1. The molecule has 2 unspecified atom stereocenters. The fraction of sp³-hybridized carbons (Fsp3) is 0.462. The van der Waals surface area contributed by atoms with Crippen molar-refractivity contribution < 1.29 is 37.4 Å². The first-order valence-electron chi connectivity index (χ1n) is 12.8. The van der Waals surface area contributed by atoms with Gasteiger partial charge in [-0.3, -0.25) is 19.1 Å². The predicted octanol–water partition coefficient (Wildman–Crippen LogP) is 3.35. The van der Waals surface area contributed by atoms with Crippen LogP contribution in [0.15, 0.2) is 41.2 Å². The molecule has 1 aliphatic rings. The van der Waals surface area contributed by atoms with Crippen LogP contribution in [-0.4, -0.2) is 61.4 Å². The number of rotatable bonds is 12. The minimum absolute atomic E-state index is 0.000818. The van der Waals surface area contributed by atoms with Crippen LogP contribution in [0.25, 0.3) is 5.52 Å². The Morgan fingerprint density at radius 3 is 2.71 bits per heavy atom. The van der Waals surface area contributed by atoms with E-state index in [4.69, 9.17) is 31.1 Å². The van der Waals surface area contributed by atoms with Gasteiger partial charge in [0.15, 0.2) is 6.10 Å². The van der Waals surface area contributed by atoms with Crippen LogP contribution in [0.5, 0.6) is 5.75 Å². The van der Waals surface area contributed by atoms with Crippen LogP contribution < -0.4 is 15.8 Å². The number of nitrogens with zero attached hydrogens (tertiary/aromatic N) is 2. The number of H-pyrrole nitrogens is 1. The third-order valence-electron chi connectivity index (χ3n) is 6.83. The first-order valence-corrected chi connectivity index (χ1v) is 14.9. The molecule has 0 saturated carbocycles. The van der Waals surface area contributed by atoms with Crippen LogP contribution in [0.1, 0.15) is 44.6 Å². The Morgan fingerprint density at radius 1 is 1.32 bits per heavy atom. The molecule has 6 atom stereocenters. The third kappa shape index (κ3) is 6.70. The van der Waals surface area contributed by atoms with Crippen molar-refractivity contribution in [3.05, 3.63) is 58.0 Å². The molecular formula is C26H31ClFN4O8P. The number of aliphatic hydroxyl groups is 1. The van der Waals surface area contributed by atoms with E-state index in [1.165, 1.54) is 26.0 Å². The maximum Gasteiger partial charge on any atom is 0.380 e. The minimum atomic E-state index is -4.12. The number of fused-ring (bicyclic) bond motifs is 1. The smallest absolute Gasteiger partial charge is 0.380 e. The number of aryl methyl sites for hydroxylation is 1. The molecule has 41 heavy (non-hydrogen) atoms. The van der Waals surface area contributed by atoms with Gasteiger partial charge in [-0.2, -0.15) is 0 Å². The number of aromatic nitrogens is 3. The molecule has 0 amide bonds. The number of nitrogens with one attached hydrogen (secondary N) is 1. The number of aliphatic hydroxyl groups excluding tert-OH is 1. The Hall–Kier alpha value is -3.09. The fourth-order valence-electron chi connectivity index (χ4n) is 4.41. The highest BCUT2D eigenvalue weighted by Crippen LogP contribution is 2.53. The molecule has 4 rings (SSSR count). The summed E-state index contributed by atoms with van der Waals surface area (Å²) in [5, 5.41) is 11.8. The van der Waals surface area contributed by atoms with E-state index >= 15 is 4.39 Å². The average Bonchev–Trinajstić information content (AvgIpc) is 3.40. The predicted molar refractivity (Wildman–Crippen MR) is 148 cm³/mol. The van der Waals surface area contributed by atoms with Crippen molar-refractivity contribution in [2.75, 3.05) is 18.5 Å². The molecule has 4 N–H and O–H groups in total. The summed E-state index contributed by atoms with van der Waals surface area (Å²) in [7, 11) is -4.12. The molecule has 15 heteroatoms. The van der Waals surface area contributed by atoms with Crippen LogP contribution in [0.3, 0.4) is 0 Å². The second-order valence-corrected chi connectivity index (χ2v) is 12.7. The molecule has 3 heterocycles. The number of Topliss-reactive ketones (excluding diaryl/α,β-unsaturated/α-hetero) is 2. The SMILES string of the molecule is CC(=O)CCc1ccccc1OP(=O)(C[C@@H](C)C(C)=O)OC[C@H]1O[C@@H](c2ccc3c(=O)[nH]c(N)nn23)[C@@](F)(Cl)C1O. The summed E-state index contributed by atoms with van der Waals surface area (Å²) in [6.07, 6.45) is -4.76. The largest absolute Gasteiger partial charge is 0.424 e. The minimum Gasteiger partial charge on any atom is -0.424 e. The summed E-state index contributed by atoms with van der Waals surface area (Å²) in [5.74, 6) is -1.06. The van der Waals surface area contributed by atoms with E-state index in [-0.39, 0.29) is 47.1 Å². The van der Waals surface area contributed by atoms with Crippen molar-refractivity contribution in [1.82, 2.24) is 14.6 Å². The second kappa shape index (κ2) is 12.0. The lowest BCUT2D eigenvalue weighted by atomic mass is 10.1. The van der Waals surface area contributed by atoms with Crippen molar-refractivity contribution in [3.63, 3.8) is 0 Å². The molecule has 1 fully saturated rings. The van der Waals surface area contributed by atoms with E-state index in [0.29, 0.717) is 12.0 Å². The molecule has 0 aliphatic carbocycles. The van der Waals surface area contributed by atoms with Crippen LogP contribution in [0, 0.1) is 5.92 Å². The number of ketones is 2. The fourth-order valence-corrected chi connectivity index (χ4v) is 6.72. The topological polar surface area (TPSA) is 175 Å². The molecule has 1 aromatic carbocycles. The van der Waals surface area contributed by atoms with Gasteiger partial charge in [0.2, 0.25) is 11.1 Å². The van der Waals surface area contributed by atoms with Crippen molar-refractivity contribution in [3.8, 4) is 5.75 Å². The molecule has 0 spiro atoms. The molecular weight excluding hydrogens is 582 g/mol. The van der Waals surface area contributed by atoms with Crippen LogP contribution >= 0.6 is 19.2 Å². The van der Waals surface area contributed by atoms with Crippen LogP contribution in [0.2, 0.25) is 0 Å². The van der Waals surface area contributed by atoms with Gasteiger partial charge in [-0.25, -0.2) is 13.5 Å². The van der Waals surface area contributed by atoms with Gasteiger partial charge < -0.3 is 24.9 Å². The number of nitrogens with two attached hydrogens (primary N) is 1. The van der Waals surface area contributed by atoms with Gasteiger partial charge in [-0.15, -0.1) is 5.10 Å². The van der Waals surface area contributed by atoms with E-state index in [9.17, 15) is 24.1 Å². The average molecular weight is 613 g/mol. The molecule has 3 aromatic rings. The van der Waals surface area contributed by atoms with Gasteiger partial charge in [0.05, 0.1) is 18.5 Å². The zero-order chi connectivity index (χ0) is 30.1. The first kappa shape index (κ1) is 30.9. The van der Waals surface area contributed by atoms with E-state index in [0.717, 1.165) is 4.52 Å². The number of para-hydroxylation sites is 1. The summed E-state index contributed by atoms with van der Waals surface area (Å²) >= 11 is 6.11. The van der Waals surface area contributed by atoms with Gasteiger partial charge in [0.25, 0.3) is 5.56 Å². The zero-order valence-electron chi connectivity index (χ0n) is 22.6. The molecule has 0 bridgehead atoms. The Bertz CT molecular complexity index is 1560. The number of carbonyl (C=O) groups is 2. The Kier molecular flexibility index (Phi) is 9.05. The summed E-state index contributed by atoms with van der Waals surface area (Å²) in [5.41, 5.74) is 5.69. The quantitative estimate of drug-likeness (QED) is 0.203. The summed E-state index contributed by atoms with van der Waals surface area (Å²) < 4.78 is 48.0. The van der Waals surface area contributed by atoms with E-state index in [1.54, 1.807) is 31.2 Å². The molecule has 12 nitrogen and oxygen atoms in total. The van der Waals surface area contributed by atoms with E-state index in [2.05, 4.69) is 10.1 Å². The number of hydrogen-bond donors (Lipinski definition) is 3. The van der Waals surface area contributed by atoms with Crippen molar-refractivity contribution in [2.45, 2.75) is 57.1 Å².